The number of alkyl halides is 1. The Balaban J connectivity index is 1.83. The van der Waals surface area contributed by atoms with Crippen molar-refractivity contribution in [2.45, 2.75) is 62.7 Å². The lowest BCUT2D eigenvalue weighted by molar-refractivity contribution is -0.144. The van der Waals surface area contributed by atoms with E-state index in [1.807, 2.05) is 46.9 Å². The van der Waals surface area contributed by atoms with Crippen LogP contribution in [0.4, 0.5) is 4.79 Å². The van der Waals surface area contributed by atoms with E-state index in [2.05, 4.69) is 27.0 Å². The number of likely N-dealkylation sites (tertiary alicyclic amines) is 1. The van der Waals surface area contributed by atoms with E-state index in [4.69, 9.17) is 9.47 Å². The number of rotatable bonds is 0. The van der Waals surface area contributed by atoms with Gasteiger partial charge in [0.1, 0.15) is 16.8 Å². The zero-order valence-electron chi connectivity index (χ0n) is 14.9. The van der Waals surface area contributed by atoms with Gasteiger partial charge in [0, 0.05) is 24.8 Å². The smallest absolute Gasteiger partial charge is 0.410 e. The number of halogens is 1. The minimum atomic E-state index is -0.490. The highest BCUT2D eigenvalue weighted by Gasteiger charge is 2.55. The van der Waals surface area contributed by atoms with Crippen molar-refractivity contribution in [3.05, 3.63) is 29.6 Å². The third kappa shape index (κ3) is 2.94. The molecule has 0 aliphatic carbocycles. The summed E-state index contributed by atoms with van der Waals surface area (Å²) in [5, 5.41) is 0. The Kier molecular flexibility index (Phi) is 4.20. The monoisotopic (exact) mass is 396 g/mol. The molecular formula is C18H25BrN2O3. The second-order valence-electron chi connectivity index (χ2n) is 8.05. The van der Waals surface area contributed by atoms with Gasteiger partial charge >= 0.3 is 6.09 Å². The molecule has 1 fully saturated rings. The molecular weight excluding hydrogens is 372 g/mol. The Bertz CT molecular complexity index is 656. The number of fused-ring (bicyclic) bond motifs is 2. The summed E-state index contributed by atoms with van der Waals surface area (Å²) in [5.41, 5.74) is 0.736. The summed E-state index contributed by atoms with van der Waals surface area (Å²) in [6.07, 6.45) is 2.25. The molecule has 0 saturated carbocycles. The zero-order valence-corrected chi connectivity index (χ0v) is 16.5. The van der Waals surface area contributed by atoms with E-state index in [1.54, 1.807) is 4.90 Å². The number of nitrogens with zero attached hydrogens (tertiary/aromatic N) is 2. The van der Waals surface area contributed by atoms with E-state index in [0.29, 0.717) is 19.5 Å². The number of pyridine rings is 1. The van der Waals surface area contributed by atoms with Gasteiger partial charge in [0.15, 0.2) is 0 Å². The first kappa shape index (κ1) is 17.7. The van der Waals surface area contributed by atoms with Crippen LogP contribution in [0.2, 0.25) is 0 Å². The predicted octanol–water partition coefficient (Wildman–Crippen LogP) is 3.95. The van der Waals surface area contributed by atoms with Crippen LogP contribution in [0, 0.1) is 0 Å². The first-order chi connectivity index (χ1) is 11.1. The fraction of sp³-hybridized carbons (Fsp3) is 0.667. The number of amides is 1. The molecule has 1 amide bonds. The number of piperidine rings is 1. The summed E-state index contributed by atoms with van der Waals surface area (Å²) in [5.74, 6) is 0. The molecule has 132 valence electrons. The van der Waals surface area contributed by atoms with E-state index < -0.39 is 16.8 Å². The molecule has 1 spiro atoms. The third-order valence-corrected chi connectivity index (χ3v) is 5.59. The topological polar surface area (TPSA) is 51.7 Å². The molecule has 1 aromatic rings. The van der Waals surface area contributed by atoms with E-state index in [1.165, 1.54) is 0 Å². The van der Waals surface area contributed by atoms with Crippen LogP contribution in [-0.2, 0) is 20.7 Å². The van der Waals surface area contributed by atoms with Crippen molar-refractivity contribution in [3.8, 4) is 0 Å². The minimum absolute atomic E-state index is 0.0176. The number of hydrogen-bond acceptors (Lipinski definition) is 4. The number of hydrogen-bond donors (Lipinski definition) is 0. The fourth-order valence-electron chi connectivity index (χ4n) is 3.59. The standard InChI is InChI=1S/C18H25BrN2O3/c1-16(2,3)23-15(22)21-10-8-18(13(19)11-21)12-7-6-9-20-14(12)17(4,5)24-18/h6-7,9,13H,8,10-11H2,1-5H3. The molecule has 0 aromatic carbocycles. The van der Waals surface area contributed by atoms with Crippen LogP contribution >= 0.6 is 15.9 Å². The van der Waals surface area contributed by atoms with Crippen molar-refractivity contribution in [2.24, 2.45) is 0 Å². The molecule has 3 heterocycles. The Morgan fingerprint density at radius 3 is 2.79 bits per heavy atom. The van der Waals surface area contributed by atoms with Gasteiger partial charge in [-0.3, -0.25) is 4.98 Å². The maximum Gasteiger partial charge on any atom is 0.410 e. The molecule has 0 N–H and O–H groups in total. The van der Waals surface area contributed by atoms with Crippen molar-refractivity contribution >= 4 is 22.0 Å². The van der Waals surface area contributed by atoms with Gasteiger partial charge in [-0.1, -0.05) is 22.0 Å². The van der Waals surface area contributed by atoms with Gasteiger partial charge in [-0.05, 0) is 47.1 Å². The molecule has 0 radical (unpaired) electrons. The van der Waals surface area contributed by atoms with Crippen LogP contribution in [0.5, 0.6) is 0 Å². The number of ether oxygens (including phenoxy) is 2. The molecule has 6 heteroatoms. The predicted molar refractivity (Wildman–Crippen MR) is 95.2 cm³/mol. The second kappa shape index (κ2) is 5.70. The SMILES string of the molecule is CC(C)(C)OC(=O)N1CCC2(OC(C)(C)c3ncccc32)C(Br)C1. The molecule has 1 saturated heterocycles. The van der Waals surface area contributed by atoms with E-state index >= 15 is 0 Å². The minimum Gasteiger partial charge on any atom is -0.444 e. The van der Waals surface area contributed by atoms with Crippen molar-refractivity contribution in [2.75, 3.05) is 13.1 Å². The molecule has 5 nitrogen and oxygen atoms in total. The van der Waals surface area contributed by atoms with E-state index in [-0.39, 0.29) is 10.9 Å². The summed E-state index contributed by atoms with van der Waals surface area (Å²) in [7, 11) is 0. The van der Waals surface area contributed by atoms with Crippen LogP contribution in [0.15, 0.2) is 18.3 Å². The van der Waals surface area contributed by atoms with Gasteiger partial charge in [0.2, 0.25) is 0 Å². The lowest BCUT2D eigenvalue weighted by Gasteiger charge is -2.44. The van der Waals surface area contributed by atoms with Crippen LogP contribution in [0.1, 0.15) is 52.3 Å². The number of carbonyl (C=O) groups excluding carboxylic acids is 1. The molecule has 1 aromatic heterocycles. The average Bonchev–Trinajstić information content (AvgIpc) is 2.70. The Morgan fingerprint density at radius 1 is 1.46 bits per heavy atom. The van der Waals surface area contributed by atoms with Crippen molar-refractivity contribution < 1.29 is 14.3 Å². The van der Waals surface area contributed by atoms with Gasteiger partial charge in [0.25, 0.3) is 0 Å². The fourth-order valence-corrected chi connectivity index (χ4v) is 4.50. The Morgan fingerprint density at radius 2 is 2.17 bits per heavy atom. The number of carbonyl (C=O) groups is 1. The summed E-state index contributed by atoms with van der Waals surface area (Å²) in [6, 6.07) is 4.04. The maximum absolute atomic E-state index is 12.4. The van der Waals surface area contributed by atoms with Gasteiger partial charge in [0.05, 0.1) is 10.5 Å². The molecule has 2 aliphatic heterocycles. The maximum atomic E-state index is 12.4. The highest BCUT2D eigenvalue weighted by molar-refractivity contribution is 9.09. The van der Waals surface area contributed by atoms with Crippen molar-refractivity contribution in [3.63, 3.8) is 0 Å². The molecule has 2 unspecified atom stereocenters. The van der Waals surface area contributed by atoms with Gasteiger partial charge in [-0.2, -0.15) is 0 Å². The van der Waals surface area contributed by atoms with E-state index in [9.17, 15) is 4.79 Å². The zero-order chi connectivity index (χ0) is 17.8. The molecule has 2 atom stereocenters. The molecule has 24 heavy (non-hydrogen) atoms. The number of aromatic nitrogens is 1. The lowest BCUT2D eigenvalue weighted by atomic mass is 9.84. The first-order valence-corrected chi connectivity index (χ1v) is 9.25. The van der Waals surface area contributed by atoms with Gasteiger partial charge < -0.3 is 14.4 Å². The largest absolute Gasteiger partial charge is 0.444 e. The summed E-state index contributed by atoms with van der Waals surface area (Å²) in [6.45, 7) is 10.9. The van der Waals surface area contributed by atoms with Crippen LogP contribution in [0.25, 0.3) is 0 Å². The highest BCUT2D eigenvalue weighted by Crippen LogP contribution is 2.52. The normalized spacial score (nSPS) is 28.8. The Labute approximate surface area is 151 Å². The summed E-state index contributed by atoms with van der Waals surface area (Å²) < 4.78 is 12.0. The second-order valence-corrected chi connectivity index (χ2v) is 9.15. The van der Waals surface area contributed by atoms with Gasteiger partial charge in [-0.25, -0.2) is 4.79 Å². The van der Waals surface area contributed by atoms with Crippen LogP contribution in [-0.4, -0.2) is 39.5 Å². The summed E-state index contributed by atoms with van der Waals surface area (Å²) in [4.78, 5) is 18.6. The lowest BCUT2D eigenvalue weighted by Crippen LogP contribution is -2.54. The first-order valence-electron chi connectivity index (χ1n) is 8.33. The van der Waals surface area contributed by atoms with Crippen molar-refractivity contribution in [1.82, 2.24) is 9.88 Å². The highest BCUT2D eigenvalue weighted by atomic mass is 79.9. The summed E-state index contributed by atoms with van der Waals surface area (Å²) >= 11 is 3.78. The van der Waals surface area contributed by atoms with Crippen LogP contribution in [0.3, 0.4) is 0 Å². The quantitative estimate of drug-likeness (QED) is 0.623. The Hall–Kier alpha value is -1.14. The molecule has 3 rings (SSSR count). The van der Waals surface area contributed by atoms with Crippen LogP contribution < -0.4 is 0 Å². The molecule has 2 aliphatic rings. The van der Waals surface area contributed by atoms with Crippen molar-refractivity contribution in [1.29, 1.82) is 0 Å². The van der Waals surface area contributed by atoms with E-state index in [0.717, 1.165) is 11.3 Å². The van der Waals surface area contributed by atoms with Gasteiger partial charge in [-0.15, -0.1) is 0 Å². The third-order valence-electron chi connectivity index (χ3n) is 4.56. The average molecular weight is 397 g/mol. The molecule has 0 bridgehead atoms.